The van der Waals surface area contributed by atoms with Gasteiger partial charge in [0.1, 0.15) is 18.3 Å². The smallest absolute Gasteiger partial charge is 0.294 e. The normalized spacial score (nSPS) is 25.1. The van der Waals surface area contributed by atoms with E-state index in [2.05, 4.69) is 74.1 Å². The molecule has 9 heteroatoms. The number of rotatable bonds is 9. The number of benzene rings is 2. The second-order valence-corrected chi connectivity index (χ2v) is 13.7. The minimum Gasteiger partial charge on any atom is -0.405 e. The maximum atomic E-state index is 10.7. The largest absolute Gasteiger partial charge is 0.405 e. The Bertz CT molecular complexity index is 882. The molecule has 0 saturated carbocycles. The summed E-state index contributed by atoms with van der Waals surface area (Å²) in [7, 11) is -2.62. The molecular formula is C24H31NO7Si. The molecule has 4 atom stereocenters. The fourth-order valence-electron chi connectivity index (χ4n) is 4.93. The number of nitrogens with zero attached hydrogens (tertiary/aromatic N) is 1. The molecule has 8 nitrogen and oxygen atoms in total. The highest BCUT2D eigenvalue weighted by Crippen LogP contribution is 2.37. The first kappa shape index (κ1) is 23.8. The number of ether oxygens (including phenoxy) is 3. The third-order valence-corrected chi connectivity index (χ3v) is 11.4. The lowest BCUT2D eigenvalue weighted by atomic mass is 10.1. The van der Waals surface area contributed by atoms with Crippen LogP contribution in [-0.4, -0.2) is 64.2 Å². The van der Waals surface area contributed by atoms with Gasteiger partial charge in [0.05, 0.1) is 26.4 Å². The fourth-order valence-corrected chi connectivity index (χ4v) is 9.47. The molecule has 2 aliphatic rings. The minimum absolute atomic E-state index is 0.112. The zero-order chi connectivity index (χ0) is 23.5. The van der Waals surface area contributed by atoms with Crippen molar-refractivity contribution in [3.8, 4) is 0 Å². The van der Waals surface area contributed by atoms with Crippen LogP contribution in [0.4, 0.5) is 0 Å². The van der Waals surface area contributed by atoms with Crippen LogP contribution in [0.2, 0.25) is 5.04 Å². The lowest BCUT2D eigenvalue weighted by Gasteiger charge is -2.43. The van der Waals surface area contributed by atoms with Gasteiger partial charge in [0.15, 0.2) is 6.10 Å². The molecule has 0 unspecified atom stereocenters. The van der Waals surface area contributed by atoms with Crippen molar-refractivity contribution in [2.24, 2.45) is 0 Å². The highest BCUT2D eigenvalue weighted by Gasteiger charge is 2.51. The summed E-state index contributed by atoms with van der Waals surface area (Å²) in [4.78, 5) is 15.4. The lowest BCUT2D eigenvalue weighted by molar-refractivity contribution is -0.769. The second kappa shape index (κ2) is 9.90. The molecule has 33 heavy (non-hydrogen) atoms. The average molecular weight is 474 g/mol. The van der Waals surface area contributed by atoms with Crippen LogP contribution in [0.1, 0.15) is 20.8 Å². The summed E-state index contributed by atoms with van der Waals surface area (Å²) in [5.41, 5.74) is 0. The van der Waals surface area contributed by atoms with Crippen molar-refractivity contribution in [1.82, 2.24) is 0 Å². The van der Waals surface area contributed by atoms with E-state index in [4.69, 9.17) is 18.6 Å². The van der Waals surface area contributed by atoms with Gasteiger partial charge in [-0.3, -0.25) is 0 Å². The SMILES string of the molecule is CC(C)(C)[Si](OCCO[C@H]1CO[C@H]2[C@@H]1OC[C@H]2O[N+](=O)[O-])(c1ccccc1)c1ccccc1. The molecule has 2 aliphatic heterocycles. The van der Waals surface area contributed by atoms with E-state index >= 15 is 0 Å². The molecule has 0 bridgehead atoms. The Kier molecular flexibility index (Phi) is 7.15. The summed E-state index contributed by atoms with van der Waals surface area (Å²) < 4.78 is 24.3. The molecular weight excluding hydrogens is 442 g/mol. The van der Waals surface area contributed by atoms with Crippen LogP contribution >= 0.6 is 0 Å². The molecule has 0 radical (unpaired) electrons. The van der Waals surface area contributed by atoms with E-state index in [9.17, 15) is 10.1 Å². The van der Waals surface area contributed by atoms with Gasteiger partial charge in [-0.2, -0.15) is 0 Å². The van der Waals surface area contributed by atoms with Crippen LogP contribution in [-0.2, 0) is 23.5 Å². The van der Waals surface area contributed by atoms with Crippen LogP contribution in [0.3, 0.4) is 0 Å². The van der Waals surface area contributed by atoms with E-state index in [1.54, 1.807) is 0 Å². The highest BCUT2D eigenvalue weighted by atomic mass is 28.4. The summed E-state index contributed by atoms with van der Waals surface area (Å²) in [6, 6.07) is 20.9. The summed E-state index contributed by atoms with van der Waals surface area (Å²) in [5.74, 6) is 0. The van der Waals surface area contributed by atoms with Crippen molar-refractivity contribution in [2.45, 2.75) is 50.2 Å². The first-order chi connectivity index (χ1) is 15.8. The molecule has 0 amide bonds. The van der Waals surface area contributed by atoms with Gasteiger partial charge in [-0.1, -0.05) is 81.4 Å². The molecule has 0 aromatic heterocycles. The summed E-state index contributed by atoms with van der Waals surface area (Å²) >= 11 is 0. The Balaban J connectivity index is 1.45. The van der Waals surface area contributed by atoms with E-state index < -0.39 is 25.6 Å². The van der Waals surface area contributed by atoms with Crippen molar-refractivity contribution in [2.75, 3.05) is 26.4 Å². The van der Waals surface area contributed by atoms with E-state index in [0.29, 0.717) is 19.8 Å². The Labute approximate surface area is 195 Å². The average Bonchev–Trinajstić information content (AvgIpc) is 3.37. The highest BCUT2D eigenvalue weighted by molar-refractivity contribution is 6.99. The lowest BCUT2D eigenvalue weighted by Crippen LogP contribution is -2.66. The molecule has 0 N–H and O–H groups in total. The Hall–Kier alpha value is -2.30. The van der Waals surface area contributed by atoms with Crippen molar-refractivity contribution < 1.29 is 28.6 Å². The van der Waals surface area contributed by atoms with Gasteiger partial charge >= 0.3 is 0 Å². The third-order valence-electron chi connectivity index (χ3n) is 6.33. The van der Waals surface area contributed by atoms with Gasteiger partial charge < -0.3 is 23.5 Å². The number of fused-ring (bicyclic) bond motifs is 1. The molecule has 2 saturated heterocycles. The van der Waals surface area contributed by atoms with Crippen molar-refractivity contribution >= 4 is 18.7 Å². The predicted octanol–water partition coefficient (Wildman–Crippen LogP) is 2.32. The third kappa shape index (κ3) is 4.83. The molecule has 2 aromatic carbocycles. The van der Waals surface area contributed by atoms with Gasteiger partial charge in [-0.25, -0.2) is 0 Å². The van der Waals surface area contributed by atoms with Crippen molar-refractivity contribution in [1.29, 1.82) is 0 Å². The molecule has 2 aromatic rings. The number of hydrogen-bond donors (Lipinski definition) is 0. The molecule has 2 heterocycles. The molecule has 2 fully saturated rings. The fraction of sp³-hybridized carbons (Fsp3) is 0.500. The molecule has 0 spiro atoms. The Morgan fingerprint density at radius 1 is 0.909 bits per heavy atom. The van der Waals surface area contributed by atoms with Crippen LogP contribution in [0.15, 0.2) is 60.7 Å². The zero-order valence-corrected chi connectivity index (χ0v) is 20.2. The summed E-state index contributed by atoms with van der Waals surface area (Å²) in [6.07, 6.45) is -1.88. The quantitative estimate of drug-likeness (QED) is 0.239. The van der Waals surface area contributed by atoms with Crippen LogP contribution in [0, 0.1) is 10.1 Å². The van der Waals surface area contributed by atoms with Gasteiger partial charge in [0.25, 0.3) is 13.4 Å². The van der Waals surface area contributed by atoms with Crippen LogP contribution in [0.5, 0.6) is 0 Å². The monoisotopic (exact) mass is 473 g/mol. The summed E-state index contributed by atoms with van der Waals surface area (Å²) in [6.45, 7) is 7.91. The van der Waals surface area contributed by atoms with Crippen molar-refractivity contribution in [3.63, 3.8) is 0 Å². The maximum Gasteiger partial charge on any atom is 0.294 e. The summed E-state index contributed by atoms with van der Waals surface area (Å²) in [5, 5.41) is 12.2. The van der Waals surface area contributed by atoms with Crippen molar-refractivity contribution in [3.05, 3.63) is 70.8 Å². The topological polar surface area (TPSA) is 89.3 Å². The van der Waals surface area contributed by atoms with Gasteiger partial charge in [0, 0.05) is 0 Å². The van der Waals surface area contributed by atoms with Crippen LogP contribution < -0.4 is 10.4 Å². The number of hydrogen-bond acceptors (Lipinski definition) is 7. The molecule has 4 rings (SSSR count). The van der Waals surface area contributed by atoms with E-state index in [1.165, 1.54) is 10.4 Å². The Morgan fingerprint density at radius 2 is 1.42 bits per heavy atom. The first-order valence-corrected chi connectivity index (χ1v) is 13.1. The van der Waals surface area contributed by atoms with Gasteiger partial charge in [-0.15, -0.1) is 10.1 Å². The molecule has 178 valence electrons. The van der Waals surface area contributed by atoms with Gasteiger partial charge in [0.2, 0.25) is 0 Å². The standard InChI is InChI=1S/C24H31NO7Si/c1-24(2,3)33(18-10-6-4-7-11-18,19-12-8-5-9-13-19)31-15-14-28-20-16-29-23-21(32-25(26)27)17-30-22(20)23/h4-13,20-23H,14-17H2,1-3H3/t20-,21+,22+,23+/m0/s1. The maximum absolute atomic E-state index is 10.7. The van der Waals surface area contributed by atoms with Gasteiger partial charge in [-0.05, 0) is 15.4 Å². The van der Waals surface area contributed by atoms with E-state index in [1.807, 2.05) is 12.1 Å². The van der Waals surface area contributed by atoms with E-state index in [-0.39, 0.29) is 23.9 Å². The zero-order valence-electron chi connectivity index (χ0n) is 19.2. The molecule has 0 aliphatic carbocycles. The minimum atomic E-state index is -2.62. The van der Waals surface area contributed by atoms with E-state index in [0.717, 1.165) is 0 Å². The second-order valence-electron chi connectivity index (χ2n) is 9.38. The first-order valence-electron chi connectivity index (χ1n) is 11.2. The van der Waals surface area contributed by atoms with Crippen LogP contribution in [0.25, 0.3) is 0 Å². The Morgan fingerprint density at radius 3 is 1.94 bits per heavy atom. The predicted molar refractivity (Wildman–Crippen MR) is 125 cm³/mol.